The van der Waals surface area contributed by atoms with Crippen LogP contribution in [0.4, 0.5) is 4.39 Å². The van der Waals surface area contributed by atoms with Gasteiger partial charge in [-0.25, -0.2) is 4.39 Å². The van der Waals surface area contributed by atoms with Gasteiger partial charge in [0.1, 0.15) is 5.82 Å². The van der Waals surface area contributed by atoms with E-state index in [4.69, 9.17) is 5.11 Å². The van der Waals surface area contributed by atoms with E-state index in [0.717, 1.165) is 19.3 Å². The number of benzene rings is 1. The van der Waals surface area contributed by atoms with Crippen molar-refractivity contribution in [2.75, 3.05) is 6.54 Å². The first-order valence-corrected chi connectivity index (χ1v) is 7.76. The van der Waals surface area contributed by atoms with E-state index in [9.17, 15) is 14.0 Å². The summed E-state index contributed by atoms with van der Waals surface area (Å²) in [6.45, 7) is 2.43. The van der Waals surface area contributed by atoms with Crippen LogP contribution in [0.1, 0.15) is 50.5 Å². The lowest BCUT2D eigenvalue weighted by Crippen LogP contribution is -2.45. The highest BCUT2D eigenvalue weighted by Gasteiger charge is 2.30. The Labute approximate surface area is 129 Å². The van der Waals surface area contributed by atoms with Crippen molar-refractivity contribution in [2.24, 2.45) is 0 Å². The number of carbonyl (C=O) groups excluding carboxylic acids is 1. The van der Waals surface area contributed by atoms with Crippen LogP contribution in [0.3, 0.4) is 0 Å². The van der Waals surface area contributed by atoms with Crippen molar-refractivity contribution in [3.8, 4) is 0 Å². The van der Waals surface area contributed by atoms with Gasteiger partial charge in [-0.2, -0.15) is 0 Å². The van der Waals surface area contributed by atoms with Crippen LogP contribution in [-0.4, -0.2) is 34.5 Å². The molecule has 2 rings (SSSR count). The van der Waals surface area contributed by atoms with Crippen LogP contribution in [0.5, 0.6) is 0 Å². The van der Waals surface area contributed by atoms with Crippen molar-refractivity contribution in [2.45, 2.75) is 51.0 Å². The van der Waals surface area contributed by atoms with Crippen molar-refractivity contribution in [3.63, 3.8) is 0 Å². The lowest BCUT2D eigenvalue weighted by atomic mass is 9.93. The minimum Gasteiger partial charge on any atom is -0.481 e. The molecule has 120 valence electrons. The van der Waals surface area contributed by atoms with Crippen LogP contribution in [0, 0.1) is 5.82 Å². The molecule has 5 heteroatoms. The Balaban J connectivity index is 2.09. The summed E-state index contributed by atoms with van der Waals surface area (Å²) in [5.74, 6) is -1.64. The quantitative estimate of drug-likeness (QED) is 0.909. The molecule has 0 unspecified atom stereocenters. The molecule has 22 heavy (non-hydrogen) atoms. The summed E-state index contributed by atoms with van der Waals surface area (Å²) in [6, 6.07) is 6.08. The average Bonchev–Trinajstić information content (AvgIpc) is 2.51. The van der Waals surface area contributed by atoms with Gasteiger partial charge in [-0.1, -0.05) is 12.1 Å². The fraction of sp³-hybridized carbons (Fsp3) is 0.529. The monoisotopic (exact) mass is 307 g/mol. The predicted octanol–water partition coefficient (Wildman–Crippen LogP) is 3.18. The molecule has 1 aromatic carbocycles. The van der Waals surface area contributed by atoms with Crippen LogP contribution in [-0.2, 0) is 9.59 Å². The van der Waals surface area contributed by atoms with E-state index in [-0.39, 0.29) is 24.2 Å². The first kappa shape index (κ1) is 16.5. The van der Waals surface area contributed by atoms with Crippen LogP contribution < -0.4 is 0 Å². The number of piperidine rings is 1. The number of carboxylic acids is 1. The van der Waals surface area contributed by atoms with E-state index in [1.54, 1.807) is 24.0 Å². The van der Waals surface area contributed by atoms with Crippen molar-refractivity contribution in [3.05, 3.63) is 35.6 Å². The van der Waals surface area contributed by atoms with Gasteiger partial charge in [0.15, 0.2) is 0 Å². The third-order valence-corrected chi connectivity index (χ3v) is 4.32. The zero-order valence-corrected chi connectivity index (χ0v) is 12.8. The van der Waals surface area contributed by atoms with Gasteiger partial charge in [0.2, 0.25) is 5.91 Å². The largest absolute Gasteiger partial charge is 0.481 e. The van der Waals surface area contributed by atoms with Gasteiger partial charge < -0.3 is 10.0 Å². The molecule has 1 saturated heterocycles. The smallest absolute Gasteiger partial charge is 0.303 e. The Hall–Kier alpha value is -1.91. The molecule has 0 bridgehead atoms. The number of hydrogen-bond donors (Lipinski definition) is 1. The molecular weight excluding hydrogens is 285 g/mol. The van der Waals surface area contributed by atoms with Crippen molar-refractivity contribution >= 4 is 11.9 Å². The van der Waals surface area contributed by atoms with Crippen LogP contribution in [0.2, 0.25) is 0 Å². The molecule has 1 aromatic rings. The van der Waals surface area contributed by atoms with E-state index >= 15 is 0 Å². The second-order valence-corrected chi connectivity index (χ2v) is 5.89. The molecule has 1 amide bonds. The summed E-state index contributed by atoms with van der Waals surface area (Å²) in [4.78, 5) is 25.3. The number of rotatable bonds is 5. The first-order chi connectivity index (χ1) is 10.5. The van der Waals surface area contributed by atoms with Gasteiger partial charge in [0.05, 0.1) is 5.92 Å². The first-order valence-electron chi connectivity index (χ1n) is 7.76. The Morgan fingerprint density at radius 3 is 2.86 bits per heavy atom. The molecule has 1 fully saturated rings. The third kappa shape index (κ3) is 4.06. The van der Waals surface area contributed by atoms with Gasteiger partial charge in [-0.3, -0.25) is 9.59 Å². The van der Waals surface area contributed by atoms with Crippen molar-refractivity contribution < 1.29 is 19.1 Å². The maximum Gasteiger partial charge on any atom is 0.303 e. The number of nitrogens with zero attached hydrogens (tertiary/aromatic N) is 1. The van der Waals surface area contributed by atoms with E-state index in [1.165, 1.54) is 12.1 Å². The van der Waals surface area contributed by atoms with Gasteiger partial charge in [0.25, 0.3) is 0 Å². The Morgan fingerprint density at radius 1 is 1.41 bits per heavy atom. The number of hydrogen-bond acceptors (Lipinski definition) is 2. The molecule has 2 atom stereocenters. The molecule has 0 aromatic heterocycles. The van der Waals surface area contributed by atoms with Gasteiger partial charge in [0, 0.05) is 19.0 Å². The van der Waals surface area contributed by atoms with Crippen LogP contribution in [0.15, 0.2) is 24.3 Å². The summed E-state index contributed by atoms with van der Waals surface area (Å²) < 4.78 is 13.3. The maximum atomic E-state index is 13.3. The second-order valence-electron chi connectivity index (χ2n) is 5.89. The summed E-state index contributed by atoms with van der Waals surface area (Å²) in [5, 5.41) is 8.84. The Kier molecular flexibility index (Phi) is 5.52. The number of carbonyl (C=O) groups is 2. The van der Waals surface area contributed by atoms with E-state index in [2.05, 4.69) is 0 Å². The number of likely N-dealkylation sites (tertiary alicyclic amines) is 1. The third-order valence-electron chi connectivity index (χ3n) is 4.32. The topological polar surface area (TPSA) is 57.6 Å². The molecule has 1 heterocycles. The fourth-order valence-electron chi connectivity index (χ4n) is 3.05. The molecule has 4 nitrogen and oxygen atoms in total. The predicted molar refractivity (Wildman–Crippen MR) is 81.0 cm³/mol. The molecule has 0 aliphatic carbocycles. The van der Waals surface area contributed by atoms with Crippen LogP contribution in [0.25, 0.3) is 0 Å². The zero-order valence-electron chi connectivity index (χ0n) is 12.8. The molecular formula is C17H22FNO3. The van der Waals surface area contributed by atoms with Gasteiger partial charge in [-0.15, -0.1) is 0 Å². The Bertz CT molecular complexity index is 546. The molecule has 0 saturated carbocycles. The van der Waals surface area contributed by atoms with E-state index < -0.39 is 11.9 Å². The summed E-state index contributed by atoms with van der Waals surface area (Å²) >= 11 is 0. The lowest BCUT2D eigenvalue weighted by Gasteiger charge is -2.37. The standard InChI is InChI=1S/C17H22FNO3/c1-12(13-5-4-6-14(18)11-13)17(22)19-10-3-2-7-15(19)8-9-16(20)21/h4-6,11-12,15H,2-3,7-10H2,1H3,(H,20,21)/t12-,15-/m1/s1. The van der Waals surface area contributed by atoms with Gasteiger partial charge in [-0.05, 0) is 50.3 Å². The normalized spacial score (nSPS) is 19.7. The van der Waals surface area contributed by atoms with E-state index in [1.807, 2.05) is 0 Å². The zero-order chi connectivity index (χ0) is 16.1. The lowest BCUT2D eigenvalue weighted by molar-refractivity contribution is -0.140. The molecule has 1 N–H and O–H groups in total. The number of amides is 1. The average molecular weight is 307 g/mol. The molecule has 0 radical (unpaired) electrons. The number of aliphatic carboxylic acids is 1. The SMILES string of the molecule is C[C@@H](C(=O)N1CCCC[C@@H]1CCC(=O)O)c1cccc(F)c1. The Morgan fingerprint density at radius 2 is 2.18 bits per heavy atom. The van der Waals surface area contributed by atoms with Crippen molar-refractivity contribution in [1.29, 1.82) is 0 Å². The van der Waals surface area contributed by atoms with Crippen molar-refractivity contribution in [1.82, 2.24) is 4.90 Å². The highest BCUT2D eigenvalue weighted by atomic mass is 19.1. The summed E-state index contributed by atoms with van der Waals surface area (Å²) in [7, 11) is 0. The molecule has 1 aliphatic heterocycles. The summed E-state index contributed by atoms with van der Waals surface area (Å²) in [5.41, 5.74) is 0.660. The second kappa shape index (κ2) is 7.38. The van der Waals surface area contributed by atoms with E-state index in [0.29, 0.717) is 18.5 Å². The number of halogens is 1. The number of carboxylic acid groups (broad SMARTS) is 1. The minimum absolute atomic E-state index is 0.0200. The fourth-order valence-corrected chi connectivity index (χ4v) is 3.05. The minimum atomic E-state index is -0.837. The van der Waals surface area contributed by atoms with Gasteiger partial charge >= 0.3 is 5.97 Å². The molecule has 0 spiro atoms. The highest BCUT2D eigenvalue weighted by Crippen LogP contribution is 2.26. The summed E-state index contributed by atoms with van der Waals surface area (Å²) in [6.07, 6.45) is 3.35. The highest BCUT2D eigenvalue weighted by molar-refractivity contribution is 5.83. The van der Waals surface area contributed by atoms with Crippen LogP contribution >= 0.6 is 0 Å². The molecule has 1 aliphatic rings. The maximum absolute atomic E-state index is 13.3.